The van der Waals surface area contributed by atoms with Crippen LogP contribution in [0.15, 0.2) is 60.9 Å². The van der Waals surface area contributed by atoms with Crippen LogP contribution in [0.25, 0.3) is 21.2 Å². The molecule has 4 rings (SSSR count). The third kappa shape index (κ3) is 4.88. The van der Waals surface area contributed by atoms with Gasteiger partial charge in [0.1, 0.15) is 6.07 Å². The summed E-state index contributed by atoms with van der Waals surface area (Å²) < 4.78 is 38.1. The lowest BCUT2D eigenvalue weighted by Gasteiger charge is -2.13. The summed E-state index contributed by atoms with van der Waals surface area (Å²) in [7, 11) is 0. The highest BCUT2D eigenvalue weighted by Gasteiger charge is 2.29. The maximum Gasteiger partial charge on any atom is 0.416 e. The van der Waals surface area contributed by atoms with Crippen molar-refractivity contribution in [2.24, 2.45) is 5.73 Å². The predicted octanol–water partition coefficient (Wildman–Crippen LogP) is 5.23. The molecule has 162 valence electrons. The van der Waals surface area contributed by atoms with Gasteiger partial charge in [-0.3, -0.25) is 4.98 Å². The quantitative estimate of drug-likeness (QED) is 0.417. The van der Waals surface area contributed by atoms with E-state index in [9.17, 15) is 18.4 Å². The number of nitriles is 1. The third-order valence-corrected chi connectivity index (χ3v) is 5.99. The van der Waals surface area contributed by atoms with Gasteiger partial charge in [0.15, 0.2) is 10.8 Å². The minimum absolute atomic E-state index is 0.321. The van der Waals surface area contributed by atoms with Crippen molar-refractivity contribution >= 4 is 27.2 Å². The first-order valence-corrected chi connectivity index (χ1v) is 10.6. The highest BCUT2D eigenvalue weighted by Crippen LogP contribution is 2.34. The van der Waals surface area contributed by atoms with Crippen LogP contribution in [0.5, 0.6) is 0 Å². The molecule has 0 aliphatic rings. The van der Waals surface area contributed by atoms with Crippen LogP contribution >= 0.6 is 11.3 Å². The molecule has 2 aromatic heterocycles. The molecule has 0 radical (unpaired) electrons. The monoisotopic (exact) mass is 453 g/mol. The number of fused-ring (bicyclic) bond motifs is 1. The van der Waals surface area contributed by atoms with E-state index in [2.05, 4.69) is 21.4 Å². The van der Waals surface area contributed by atoms with E-state index in [4.69, 9.17) is 5.73 Å². The van der Waals surface area contributed by atoms with Gasteiger partial charge in [-0.25, -0.2) is 4.98 Å². The average Bonchev–Trinajstić information content (AvgIpc) is 3.20. The maximum atomic E-state index is 12.7. The summed E-state index contributed by atoms with van der Waals surface area (Å²) in [5, 5.41) is 15.2. The minimum atomic E-state index is -4.36. The van der Waals surface area contributed by atoms with Gasteiger partial charge in [-0.15, -0.1) is 0 Å². The van der Waals surface area contributed by atoms with Crippen LogP contribution in [0.4, 0.5) is 18.3 Å². The fourth-order valence-electron chi connectivity index (χ4n) is 3.31. The highest BCUT2D eigenvalue weighted by atomic mass is 32.1. The highest BCUT2D eigenvalue weighted by molar-refractivity contribution is 7.19. The van der Waals surface area contributed by atoms with Gasteiger partial charge in [-0.2, -0.15) is 18.4 Å². The second-order valence-corrected chi connectivity index (χ2v) is 8.29. The Kier molecular flexibility index (Phi) is 6.08. The van der Waals surface area contributed by atoms with E-state index in [-0.39, 0.29) is 6.04 Å². The van der Waals surface area contributed by atoms with Gasteiger partial charge in [0.05, 0.1) is 10.4 Å². The fourth-order valence-corrected chi connectivity index (χ4v) is 4.23. The number of nitrogens with two attached hydrogens (primary N) is 1. The Labute approximate surface area is 186 Å². The SMILES string of the molecule is N#Cc1nc(NC[C@@H](N)Cc2ccc(C(F)(F)F)cc2)sc1-c1ccc2cnccc2c1. The number of anilines is 1. The number of nitrogens with one attached hydrogen (secondary N) is 1. The predicted molar refractivity (Wildman–Crippen MR) is 119 cm³/mol. The maximum absolute atomic E-state index is 12.7. The number of thiazole rings is 1. The Morgan fingerprint density at radius 1 is 1.09 bits per heavy atom. The van der Waals surface area contributed by atoms with Crippen LogP contribution in [-0.2, 0) is 12.6 Å². The van der Waals surface area contributed by atoms with Gasteiger partial charge in [0, 0.05) is 30.4 Å². The van der Waals surface area contributed by atoms with Crippen LogP contribution in [0.3, 0.4) is 0 Å². The molecule has 4 aromatic rings. The Hall–Kier alpha value is -3.48. The molecule has 0 aliphatic heterocycles. The standard InChI is InChI=1S/C23H18F3N5S/c24-23(25,26)18-5-1-14(2-6-18)9-19(28)13-30-22-31-20(11-27)21(32-22)16-3-4-17-12-29-8-7-15(17)10-16/h1-8,10,12,19H,9,13,28H2,(H,30,31)/t19-/m0/s1. The number of rotatable bonds is 6. The van der Waals surface area contributed by atoms with E-state index >= 15 is 0 Å². The minimum Gasteiger partial charge on any atom is -0.360 e. The summed E-state index contributed by atoms with van der Waals surface area (Å²) in [5.41, 5.74) is 7.39. The Morgan fingerprint density at radius 2 is 1.88 bits per heavy atom. The zero-order valence-electron chi connectivity index (χ0n) is 16.7. The Balaban J connectivity index is 1.43. The number of aromatic nitrogens is 2. The lowest BCUT2D eigenvalue weighted by Crippen LogP contribution is -2.31. The van der Waals surface area contributed by atoms with E-state index in [0.717, 1.165) is 38.9 Å². The molecule has 0 amide bonds. The number of nitrogens with zero attached hydrogens (tertiary/aromatic N) is 3. The van der Waals surface area contributed by atoms with Crippen molar-refractivity contribution in [3.8, 4) is 16.5 Å². The summed E-state index contributed by atoms with van der Waals surface area (Å²) in [6.45, 7) is 0.363. The van der Waals surface area contributed by atoms with Crippen LogP contribution < -0.4 is 11.1 Å². The molecule has 0 unspecified atom stereocenters. The first kappa shape index (κ1) is 21.7. The van der Waals surface area contributed by atoms with Crippen molar-refractivity contribution in [3.63, 3.8) is 0 Å². The van der Waals surface area contributed by atoms with Gasteiger partial charge < -0.3 is 11.1 Å². The molecule has 2 aromatic carbocycles. The lowest BCUT2D eigenvalue weighted by molar-refractivity contribution is -0.137. The average molecular weight is 453 g/mol. The van der Waals surface area contributed by atoms with E-state index in [1.165, 1.54) is 23.5 Å². The zero-order chi connectivity index (χ0) is 22.7. The van der Waals surface area contributed by atoms with Crippen molar-refractivity contribution in [2.45, 2.75) is 18.6 Å². The van der Waals surface area contributed by atoms with E-state index in [1.54, 1.807) is 12.4 Å². The number of halogens is 3. The van der Waals surface area contributed by atoms with E-state index < -0.39 is 11.7 Å². The fraction of sp³-hybridized carbons (Fsp3) is 0.174. The van der Waals surface area contributed by atoms with Crippen molar-refractivity contribution < 1.29 is 13.2 Å². The summed E-state index contributed by atoms with van der Waals surface area (Å²) in [6, 6.07) is 14.6. The number of pyridine rings is 1. The number of hydrogen-bond donors (Lipinski definition) is 2. The van der Waals surface area contributed by atoms with Gasteiger partial charge in [0.25, 0.3) is 0 Å². The van der Waals surface area contributed by atoms with Gasteiger partial charge >= 0.3 is 6.18 Å². The zero-order valence-corrected chi connectivity index (χ0v) is 17.5. The molecular weight excluding hydrogens is 435 g/mol. The Bertz CT molecular complexity index is 1280. The molecular formula is C23H18F3N5S. The van der Waals surface area contributed by atoms with Crippen molar-refractivity contribution in [1.82, 2.24) is 9.97 Å². The van der Waals surface area contributed by atoms with Crippen molar-refractivity contribution in [3.05, 3.63) is 77.7 Å². The van der Waals surface area contributed by atoms with Crippen molar-refractivity contribution in [1.29, 1.82) is 5.26 Å². The number of hydrogen-bond acceptors (Lipinski definition) is 6. The van der Waals surface area contributed by atoms with Gasteiger partial charge in [-0.1, -0.05) is 35.6 Å². The van der Waals surface area contributed by atoms with Gasteiger partial charge in [-0.05, 0) is 47.2 Å². The summed E-state index contributed by atoms with van der Waals surface area (Å²) in [6.07, 6.45) is -0.449. The second kappa shape index (κ2) is 8.94. The van der Waals surface area contributed by atoms with E-state index in [0.29, 0.717) is 23.8 Å². The number of benzene rings is 2. The molecule has 2 heterocycles. The summed E-state index contributed by atoms with van der Waals surface area (Å²) >= 11 is 1.36. The molecule has 0 aliphatic carbocycles. The third-order valence-electron chi connectivity index (χ3n) is 4.93. The largest absolute Gasteiger partial charge is 0.416 e. The smallest absolute Gasteiger partial charge is 0.360 e. The normalized spacial score (nSPS) is 12.5. The first-order chi connectivity index (χ1) is 15.3. The molecule has 32 heavy (non-hydrogen) atoms. The van der Waals surface area contributed by atoms with Crippen LogP contribution in [-0.4, -0.2) is 22.6 Å². The van der Waals surface area contributed by atoms with Gasteiger partial charge in [0.2, 0.25) is 0 Å². The molecule has 0 spiro atoms. The van der Waals surface area contributed by atoms with Crippen LogP contribution in [0.1, 0.15) is 16.8 Å². The summed E-state index contributed by atoms with van der Waals surface area (Å²) in [5.74, 6) is 0. The first-order valence-electron chi connectivity index (χ1n) is 9.74. The Morgan fingerprint density at radius 3 is 2.59 bits per heavy atom. The van der Waals surface area contributed by atoms with Crippen LogP contribution in [0, 0.1) is 11.3 Å². The molecule has 9 heteroatoms. The van der Waals surface area contributed by atoms with Crippen molar-refractivity contribution in [2.75, 3.05) is 11.9 Å². The molecule has 3 N–H and O–H groups in total. The molecule has 0 fully saturated rings. The van der Waals surface area contributed by atoms with E-state index in [1.807, 2.05) is 24.3 Å². The molecule has 0 saturated heterocycles. The lowest BCUT2D eigenvalue weighted by atomic mass is 10.0. The number of alkyl halides is 3. The molecule has 0 saturated carbocycles. The summed E-state index contributed by atoms with van der Waals surface area (Å²) in [4.78, 5) is 9.22. The van der Waals surface area contributed by atoms with Crippen LogP contribution in [0.2, 0.25) is 0 Å². The second-order valence-electron chi connectivity index (χ2n) is 7.29. The molecule has 0 bridgehead atoms. The topological polar surface area (TPSA) is 87.6 Å². The molecule has 5 nitrogen and oxygen atoms in total. The molecule has 1 atom stereocenters.